The maximum Gasteiger partial charge on any atom is 0.417 e. The summed E-state index contributed by atoms with van der Waals surface area (Å²) >= 11 is 0. The second-order valence-corrected chi connectivity index (χ2v) is 9.05. The number of alkyl halides is 3. The molecule has 2 heterocycles. The highest BCUT2D eigenvalue weighted by Crippen LogP contribution is 2.32. The van der Waals surface area contributed by atoms with E-state index in [2.05, 4.69) is 10.1 Å². The smallest absolute Gasteiger partial charge is 0.417 e. The highest BCUT2D eigenvalue weighted by molar-refractivity contribution is 5.70. The van der Waals surface area contributed by atoms with Crippen LogP contribution in [0.5, 0.6) is 11.5 Å². The standard InChI is InChI=1S/C25H28F3N3O3/c1-16-8-6-10-20(34-17(2)32)22(16)33-13-7-9-18-15-31(30-23(18)24(3,4)5)21-12-11-19(14-29-21)25(26,27)28/h6,8,10-12,14-15H,7,9,13H2,1-5H3. The van der Waals surface area contributed by atoms with E-state index >= 15 is 0 Å². The first-order valence-electron chi connectivity index (χ1n) is 10.9. The van der Waals surface area contributed by atoms with Crippen molar-refractivity contribution in [1.29, 1.82) is 0 Å². The number of benzene rings is 1. The fourth-order valence-corrected chi connectivity index (χ4v) is 3.51. The summed E-state index contributed by atoms with van der Waals surface area (Å²) in [6.07, 6.45) is -0.534. The van der Waals surface area contributed by atoms with Gasteiger partial charge in [-0.15, -0.1) is 0 Å². The minimum Gasteiger partial charge on any atom is -0.489 e. The maximum atomic E-state index is 12.9. The topological polar surface area (TPSA) is 66.2 Å². The molecule has 0 unspecified atom stereocenters. The zero-order valence-electron chi connectivity index (χ0n) is 19.9. The number of pyridine rings is 1. The number of rotatable bonds is 7. The van der Waals surface area contributed by atoms with Crippen LogP contribution in [0, 0.1) is 6.92 Å². The molecule has 1 aromatic carbocycles. The molecule has 34 heavy (non-hydrogen) atoms. The number of para-hydroxylation sites is 1. The molecule has 0 spiro atoms. The molecule has 0 aliphatic heterocycles. The number of nitrogens with zero attached hydrogens (tertiary/aromatic N) is 3. The van der Waals surface area contributed by atoms with Gasteiger partial charge in [-0.3, -0.25) is 4.79 Å². The van der Waals surface area contributed by atoms with E-state index in [4.69, 9.17) is 9.47 Å². The molecule has 2 aromatic heterocycles. The van der Waals surface area contributed by atoms with Crippen molar-refractivity contribution in [3.8, 4) is 17.3 Å². The zero-order chi connectivity index (χ0) is 25.1. The molecule has 0 bridgehead atoms. The highest BCUT2D eigenvalue weighted by Gasteiger charge is 2.31. The van der Waals surface area contributed by atoms with Crippen molar-refractivity contribution in [2.45, 2.75) is 59.1 Å². The number of carbonyl (C=O) groups excluding carboxylic acids is 1. The van der Waals surface area contributed by atoms with E-state index in [9.17, 15) is 18.0 Å². The maximum absolute atomic E-state index is 12.9. The molecule has 3 rings (SSSR count). The summed E-state index contributed by atoms with van der Waals surface area (Å²) < 4.78 is 51.2. The molecule has 6 nitrogen and oxygen atoms in total. The molecule has 0 aliphatic rings. The second kappa shape index (κ2) is 9.87. The molecule has 0 aliphatic carbocycles. The van der Waals surface area contributed by atoms with Crippen LogP contribution in [0.3, 0.4) is 0 Å². The van der Waals surface area contributed by atoms with Crippen LogP contribution < -0.4 is 9.47 Å². The first-order chi connectivity index (χ1) is 15.9. The highest BCUT2D eigenvalue weighted by atomic mass is 19.4. The SMILES string of the molecule is CC(=O)Oc1cccc(C)c1OCCCc1cn(-c2ccc(C(F)(F)F)cn2)nc1C(C)(C)C. The Bertz CT molecular complexity index is 1150. The first kappa shape index (κ1) is 25.3. The summed E-state index contributed by atoms with van der Waals surface area (Å²) in [6.45, 7) is 9.67. The minimum atomic E-state index is -4.44. The Morgan fingerprint density at radius 3 is 2.44 bits per heavy atom. The molecule has 182 valence electrons. The lowest BCUT2D eigenvalue weighted by atomic mass is 9.88. The van der Waals surface area contributed by atoms with Crippen LogP contribution in [0.4, 0.5) is 13.2 Å². The average molecular weight is 476 g/mol. The lowest BCUT2D eigenvalue weighted by Gasteiger charge is -2.17. The molecule has 0 N–H and O–H groups in total. The Morgan fingerprint density at radius 1 is 1.12 bits per heavy atom. The predicted molar refractivity (Wildman–Crippen MR) is 121 cm³/mol. The van der Waals surface area contributed by atoms with Gasteiger partial charge in [0, 0.05) is 24.7 Å². The van der Waals surface area contributed by atoms with E-state index < -0.39 is 17.7 Å². The molecule has 0 amide bonds. The van der Waals surface area contributed by atoms with Gasteiger partial charge in [-0.25, -0.2) is 9.67 Å². The van der Waals surface area contributed by atoms with Crippen molar-refractivity contribution in [3.63, 3.8) is 0 Å². The number of halogens is 3. The van der Waals surface area contributed by atoms with Crippen molar-refractivity contribution < 1.29 is 27.4 Å². The minimum absolute atomic E-state index is 0.272. The van der Waals surface area contributed by atoms with Gasteiger partial charge in [0.1, 0.15) is 0 Å². The monoisotopic (exact) mass is 475 g/mol. The van der Waals surface area contributed by atoms with Crippen LogP contribution in [0.2, 0.25) is 0 Å². The third-order valence-electron chi connectivity index (χ3n) is 5.08. The van der Waals surface area contributed by atoms with Gasteiger partial charge in [0.2, 0.25) is 0 Å². The largest absolute Gasteiger partial charge is 0.489 e. The zero-order valence-corrected chi connectivity index (χ0v) is 19.9. The average Bonchev–Trinajstić information content (AvgIpc) is 3.17. The van der Waals surface area contributed by atoms with Gasteiger partial charge >= 0.3 is 12.1 Å². The Balaban J connectivity index is 1.74. The fraction of sp³-hybridized carbons (Fsp3) is 0.400. The van der Waals surface area contributed by atoms with Crippen LogP contribution in [0.25, 0.3) is 5.82 Å². The number of aryl methyl sites for hydroxylation is 2. The van der Waals surface area contributed by atoms with Crippen LogP contribution in [0.1, 0.15) is 56.5 Å². The Morgan fingerprint density at radius 2 is 1.85 bits per heavy atom. The fourth-order valence-electron chi connectivity index (χ4n) is 3.51. The molecule has 0 radical (unpaired) electrons. The number of esters is 1. The second-order valence-electron chi connectivity index (χ2n) is 9.05. The predicted octanol–water partition coefficient (Wildman–Crippen LogP) is 5.83. The van der Waals surface area contributed by atoms with E-state index in [0.717, 1.165) is 29.1 Å². The van der Waals surface area contributed by atoms with Crippen molar-refractivity contribution >= 4 is 5.97 Å². The van der Waals surface area contributed by atoms with E-state index in [1.54, 1.807) is 18.3 Å². The van der Waals surface area contributed by atoms with Gasteiger partial charge in [0.05, 0.1) is 17.9 Å². The molecular formula is C25H28F3N3O3. The summed E-state index contributed by atoms with van der Waals surface area (Å²) in [6, 6.07) is 7.66. The third kappa shape index (κ3) is 6.15. The molecule has 0 atom stereocenters. The number of aromatic nitrogens is 3. The Labute approximate surface area is 196 Å². The summed E-state index contributed by atoms with van der Waals surface area (Å²) in [5.41, 5.74) is 1.58. The quantitative estimate of drug-likeness (QED) is 0.244. The van der Waals surface area contributed by atoms with Gasteiger partial charge in [-0.1, -0.05) is 32.9 Å². The van der Waals surface area contributed by atoms with Gasteiger partial charge in [0.15, 0.2) is 17.3 Å². The van der Waals surface area contributed by atoms with Crippen LogP contribution in [-0.4, -0.2) is 27.3 Å². The molecule has 9 heteroatoms. The Hall–Kier alpha value is -3.36. The number of ether oxygens (including phenoxy) is 2. The lowest BCUT2D eigenvalue weighted by Crippen LogP contribution is -2.15. The molecule has 0 saturated carbocycles. The molecular weight excluding hydrogens is 447 g/mol. The van der Waals surface area contributed by atoms with E-state index in [-0.39, 0.29) is 5.41 Å². The first-order valence-corrected chi connectivity index (χ1v) is 10.9. The van der Waals surface area contributed by atoms with Crippen molar-refractivity contribution in [1.82, 2.24) is 14.8 Å². The molecule has 3 aromatic rings. The summed E-state index contributed by atoms with van der Waals surface area (Å²) in [5.74, 6) is 0.795. The van der Waals surface area contributed by atoms with Gasteiger partial charge in [0.25, 0.3) is 0 Å². The van der Waals surface area contributed by atoms with E-state index in [1.807, 2.05) is 33.8 Å². The van der Waals surface area contributed by atoms with Crippen molar-refractivity contribution in [2.75, 3.05) is 6.61 Å². The normalized spacial score (nSPS) is 12.0. The van der Waals surface area contributed by atoms with Gasteiger partial charge < -0.3 is 9.47 Å². The summed E-state index contributed by atoms with van der Waals surface area (Å²) in [5, 5.41) is 4.62. The number of hydrogen-bond acceptors (Lipinski definition) is 5. The van der Waals surface area contributed by atoms with Crippen molar-refractivity contribution in [2.24, 2.45) is 0 Å². The van der Waals surface area contributed by atoms with Crippen molar-refractivity contribution in [3.05, 3.63) is 65.1 Å². The van der Waals surface area contributed by atoms with E-state index in [1.165, 1.54) is 17.7 Å². The summed E-state index contributed by atoms with van der Waals surface area (Å²) in [7, 11) is 0. The van der Waals surface area contributed by atoms with Gasteiger partial charge in [-0.2, -0.15) is 18.3 Å². The van der Waals surface area contributed by atoms with Crippen LogP contribution in [0.15, 0.2) is 42.7 Å². The Kier molecular flexibility index (Phi) is 7.33. The summed E-state index contributed by atoms with van der Waals surface area (Å²) in [4.78, 5) is 15.3. The molecule has 0 fully saturated rings. The van der Waals surface area contributed by atoms with Gasteiger partial charge in [-0.05, 0) is 49.1 Å². The lowest BCUT2D eigenvalue weighted by molar-refractivity contribution is -0.138. The number of carbonyl (C=O) groups is 1. The van der Waals surface area contributed by atoms with Crippen LogP contribution in [-0.2, 0) is 22.8 Å². The van der Waals surface area contributed by atoms with Crippen LogP contribution >= 0.6 is 0 Å². The third-order valence-corrected chi connectivity index (χ3v) is 5.08. The number of hydrogen-bond donors (Lipinski definition) is 0. The van der Waals surface area contributed by atoms with E-state index in [0.29, 0.717) is 36.8 Å². The molecule has 0 saturated heterocycles.